The number of halogens is 4. The lowest BCUT2D eigenvalue weighted by Crippen LogP contribution is -2.10. The fourth-order valence-corrected chi connectivity index (χ4v) is 1.42. The second-order valence-corrected chi connectivity index (χ2v) is 3.30. The third kappa shape index (κ3) is 2.59. The molecule has 1 heterocycles. The molecule has 0 saturated heterocycles. The molecule has 16 heavy (non-hydrogen) atoms. The van der Waals surface area contributed by atoms with Crippen molar-refractivity contribution in [2.24, 2.45) is 12.2 Å². The van der Waals surface area contributed by atoms with Crippen molar-refractivity contribution in [3.63, 3.8) is 0 Å². The summed E-state index contributed by atoms with van der Waals surface area (Å²) in [5.74, 6) is 0. The first-order chi connectivity index (χ1) is 7.38. The van der Waals surface area contributed by atoms with E-state index in [2.05, 4.69) is 15.1 Å². The molecule has 1 aromatic rings. The summed E-state index contributed by atoms with van der Waals surface area (Å²) in [6.45, 7) is -0.0923. The van der Waals surface area contributed by atoms with Crippen LogP contribution in [0.4, 0.5) is 13.2 Å². The average Bonchev–Trinajstić information content (AvgIpc) is 2.45. The highest BCUT2D eigenvalue weighted by Gasteiger charge is 2.38. The molecule has 0 aromatic carbocycles. The Bertz CT molecular complexity index is 432. The van der Waals surface area contributed by atoms with Crippen LogP contribution in [-0.4, -0.2) is 16.3 Å². The van der Waals surface area contributed by atoms with Crippen LogP contribution in [0.1, 0.15) is 11.3 Å². The minimum Gasteiger partial charge on any atom is -0.256 e. The Morgan fingerprint density at radius 1 is 1.56 bits per heavy atom. The minimum atomic E-state index is -4.56. The van der Waals surface area contributed by atoms with E-state index in [4.69, 9.17) is 17.1 Å². The first kappa shape index (κ1) is 12.7. The molecular formula is C7H7ClF3N5. The van der Waals surface area contributed by atoms with Gasteiger partial charge in [0.05, 0.1) is 0 Å². The number of azide groups is 1. The van der Waals surface area contributed by atoms with Crippen molar-refractivity contribution in [1.29, 1.82) is 0 Å². The summed E-state index contributed by atoms with van der Waals surface area (Å²) in [4.78, 5) is 2.45. The van der Waals surface area contributed by atoms with Crippen LogP contribution in [0.15, 0.2) is 5.11 Å². The van der Waals surface area contributed by atoms with Gasteiger partial charge in [0.2, 0.25) is 0 Å². The molecule has 0 saturated carbocycles. The molecule has 0 fully saturated rings. The topological polar surface area (TPSA) is 66.6 Å². The number of hydrogen-bond acceptors (Lipinski definition) is 2. The van der Waals surface area contributed by atoms with Gasteiger partial charge in [-0.2, -0.15) is 18.3 Å². The molecule has 0 atom stereocenters. The maximum atomic E-state index is 12.5. The van der Waals surface area contributed by atoms with E-state index in [9.17, 15) is 13.2 Å². The zero-order valence-electron chi connectivity index (χ0n) is 8.16. The maximum absolute atomic E-state index is 12.5. The average molecular weight is 254 g/mol. The van der Waals surface area contributed by atoms with Gasteiger partial charge in [-0.15, -0.1) is 0 Å². The van der Waals surface area contributed by atoms with Crippen molar-refractivity contribution < 1.29 is 13.2 Å². The molecule has 9 heteroatoms. The molecule has 88 valence electrons. The van der Waals surface area contributed by atoms with Gasteiger partial charge in [0, 0.05) is 24.1 Å². The predicted octanol–water partition coefficient (Wildman–Crippen LogP) is 2.95. The Balaban J connectivity index is 3.09. The summed E-state index contributed by atoms with van der Waals surface area (Å²) in [6, 6.07) is 0. The van der Waals surface area contributed by atoms with E-state index in [-0.39, 0.29) is 23.7 Å². The summed E-state index contributed by atoms with van der Waals surface area (Å²) in [6.07, 6.45) is -4.65. The van der Waals surface area contributed by atoms with E-state index in [1.807, 2.05) is 0 Å². The monoisotopic (exact) mass is 253 g/mol. The lowest BCUT2D eigenvalue weighted by Gasteiger charge is -2.04. The Hall–Kier alpha value is -1.40. The van der Waals surface area contributed by atoms with E-state index in [1.54, 1.807) is 0 Å². The van der Waals surface area contributed by atoms with Crippen LogP contribution >= 0.6 is 11.6 Å². The summed E-state index contributed by atoms with van der Waals surface area (Å²) in [5, 5.41) is 6.35. The molecule has 0 spiro atoms. The van der Waals surface area contributed by atoms with Crippen LogP contribution in [-0.2, 0) is 19.6 Å². The van der Waals surface area contributed by atoms with Crippen molar-refractivity contribution in [3.8, 4) is 0 Å². The molecule has 0 radical (unpaired) electrons. The summed E-state index contributed by atoms with van der Waals surface area (Å²) < 4.78 is 38.5. The van der Waals surface area contributed by atoms with Crippen molar-refractivity contribution in [2.45, 2.75) is 12.6 Å². The molecule has 1 aromatic heterocycles. The molecule has 0 unspecified atom stereocenters. The first-order valence-electron chi connectivity index (χ1n) is 4.17. The van der Waals surface area contributed by atoms with Crippen molar-refractivity contribution in [1.82, 2.24) is 9.78 Å². The Kier molecular flexibility index (Phi) is 3.66. The zero-order chi connectivity index (χ0) is 12.3. The molecule has 0 aliphatic heterocycles. The fraction of sp³-hybridized carbons (Fsp3) is 0.571. The SMILES string of the molecule is Cn1nc(C(F)(F)F)c(CCN=[N+]=[N-])c1Cl. The Morgan fingerprint density at radius 3 is 2.69 bits per heavy atom. The lowest BCUT2D eigenvalue weighted by molar-refractivity contribution is -0.142. The largest absolute Gasteiger partial charge is 0.435 e. The second-order valence-electron chi connectivity index (χ2n) is 2.94. The molecule has 0 bridgehead atoms. The number of rotatable bonds is 3. The van der Waals surface area contributed by atoms with E-state index < -0.39 is 11.9 Å². The Morgan fingerprint density at radius 2 is 2.19 bits per heavy atom. The molecule has 5 nitrogen and oxygen atoms in total. The standard InChI is InChI=1S/C7H7ClF3N5/c1-16-6(8)4(2-3-13-15-12)5(14-16)7(9,10)11/h2-3H2,1H3. The van der Waals surface area contributed by atoms with Gasteiger partial charge in [-0.05, 0) is 12.0 Å². The number of aryl methyl sites for hydroxylation is 1. The van der Waals surface area contributed by atoms with Crippen LogP contribution in [0, 0.1) is 0 Å². The van der Waals surface area contributed by atoms with Gasteiger partial charge in [-0.3, -0.25) is 4.68 Å². The summed E-state index contributed by atoms with van der Waals surface area (Å²) >= 11 is 5.66. The van der Waals surface area contributed by atoms with E-state index in [0.29, 0.717) is 0 Å². The first-order valence-corrected chi connectivity index (χ1v) is 4.55. The van der Waals surface area contributed by atoms with Crippen LogP contribution < -0.4 is 0 Å². The van der Waals surface area contributed by atoms with Crippen molar-refractivity contribution in [2.75, 3.05) is 6.54 Å². The minimum absolute atomic E-state index is 0.0917. The van der Waals surface area contributed by atoms with Crippen LogP contribution in [0.25, 0.3) is 10.4 Å². The smallest absolute Gasteiger partial charge is 0.256 e. The van der Waals surface area contributed by atoms with Crippen LogP contribution in [0.3, 0.4) is 0 Å². The highest BCUT2D eigenvalue weighted by molar-refractivity contribution is 6.30. The molecule has 0 N–H and O–H groups in total. The van der Waals surface area contributed by atoms with Gasteiger partial charge in [-0.1, -0.05) is 16.7 Å². The fourth-order valence-electron chi connectivity index (χ4n) is 1.20. The molecule has 0 aliphatic carbocycles. The van der Waals surface area contributed by atoms with Gasteiger partial charge in [0.25, 0.3) is 0 Å². The maximum Gasteiger partial charge on any atom is 0.435 e. The van der Waals surface area contributed by atoms with Crippen LogP contribution in [0.5, 0.6) is 0 Å². The summed E-state index contributed by atoms with van der Waals surface area (Å²) in [7, 11) is 1.31. The molecule has 1 rings (SSSR count). The number of hydrogen-bond donors (Lipinski definition) is 0. The van der Waals surface area contributed by atoms with Gasteiger partial charge < -0.3 is 0 Å². The van der Waals surface area contributed by atoms with E-state index >= 15 is 0 Å². The third-order valence-corrected chi connectivity index (χ3v) is 2.34. The van der Waals surface area contributed by atoms with Gasteiger partial charge in [0.15, 0.2) is 5.69 Å². The molecular weight excluding hydrogens is 247 g/mol. The highest BCUT2D eigenvalue weighted by Crippen LogP contribution is 2.34. The van der Waals surface area contributed by atoms with Gasteiger partial charge >= 0.3 is 6.18 Å². The van der Waals surface area contributed by atoms with Crippen LogP contribution in [0.2, 0.25) is 5.15 Å². The van der Waals surface area contributed by atoms with Crippen molar-refractivity contribution >= 4 is 11.6 Å². The zero-order valence-corrected chi connectivity index (χ0v) is 8.92. The summed E-state index contributed by atoms with van der Waals surface area (Å²) in [5.41, 5.74) is 6.85. The molecule has 0 aliphatic rings. The quantitative estimate of drug-likeness (QED) is 0.464. The normalized spacial score (nSPS) is 11.3. The van der Waals surface area contributed by atoms with E-state index in [1.165, 1.54) is 7.05 Å². The number of nitrogens with zero attached hydrogens (tertiary/aromatic N) is 5. The number of alkyl halides is 3. The van der Waals surface area contributed by atoms with Gasteiger partial charge in [-0.25, -0.2) is 0 Å². The second kappa shape index (κ2) is 4.63. The lowest BCUT2D eigenvalue weighted by atomic mass is 10.2. The highest BCUT2D eigenvalue weighted by atomic mass is 35.5. The van der Waals surface area contributed by atoms with E-state index in [0.717, 1.165) is 4.68 Å². The Labute approximate surface area is 93.4 Å². The molecule has 0 amide bonds. The van der Waals surface area contributed by atoms with Crippen molar-refractivity contribution in [3.05, 3.63) is 26.9 Å². The predicted molar refractivity (Wildman–Crippen MR) is 50.9 cm³/mol. The van der Waals surface area contributed by atoms with Gasteiger partial charge in [0.1, 0.15) is 5.15 Å². The number of aromatic nitrogens is 2. The third-order valence-electron chi connectivity index (χ3n) is 1.86.